The Morgan fingerprint density at radius 2 is 2.00 bits per heavy atom. The van der Waals surface area contributed by atoms with E-state index in [2.05, 4.69) is 19.2 Å². The minimum atomic E-state index is -0.106. The molecular formula is C4H5O+. The zero-order chi connectivity index (χ0) is 4.28. The van der Waals surface area contributed by atoms with E-state index in [1.807, 2.05) is 0 Å². The fraction of sp³-hybridized carbons (Fsp3) is 0. The van der Waals surface area contributed by atoms with Crippen molar-refractivity contribution in [3.8, 4) is 0 Å². The lowest BCUT2D eigenvalue weighted by Crippen LogP contribution is -1.60. The second-order valence-electron chi connectivity index (χ2n) is 0.623. The van der Waals surface area contributed by atoms with Crippen molar-refractivity contribution in [2.75, 3.05) is 0 Å². The van der Waals surface area contributed by atoms with Gasteiger partial charge < -0.3 is 5.11 Å². The monoisotopic (exact) mass is 69.0 g/mol. The Morgan fingerprint density at radius 3 is 2.00 bits per heavy atom. The van der Waals surface area contributed by atoms with E-state index in [-0.39, 0.29) is 5.76 Å². The Bertz CT molecular complexity index is 54.7. The molecular weight excluding hydrogens is 64.0 g/mol. The van der Waals surface area contributed by atoms with Gasteiger partial charge in [-0.25, -0.2) is 0 Å². The third kappa shape index (κ3) is 3.19. The first-order chi connectivity index (χ1) is 2.27. The highest BCUT2D eigenvalue weighted by atomic mass is 16.3. The van der Waals surface area contributed by atoms with Gasteiger partial charge in [-0.15, -0.1) is 0 Å². The predicted molar refractivity (Wildman–Crippen MR) is 20.6 cm³/mol. The molecule has 1 heteroatoms. The molecule has 1 nitrogen and oxygen atoms in total. The summed E-state index contributed by atoms with van der Waals surface area (Å²) in [7, 11) is 0. The van der Waals surface area contributed by atoms with Crippen molar-refractivity contribution in [3.63, 3.8) is 0 Å². The maximum atomic E-state index is 7.99. The van der Waals surface area contributed by atoms with E-state index in [9.17, 15) is 0 Å². The van der Waals surface area contributed by atoms with Crippen LogP contribution in [0.4, 0.5) is 0 Å². The highest BCUT2D eigenvalue weighted by Crippen LogP contribution is 1.73. The molecule has 0 spiro atoms. The SMILES string of the molecule is C=[C+]C(=C)O. The smallest absolute Gasteiger partial charge is 0.338 e. The fourth-order valence-corrected chi connectivity index (χ4v) is 0. The largest absolute Gasteiger partial charge is 0.471 e. The minimum Gasteiger partial charge on any atom is -0.471 e. The predicted octanol–water partition coefficient (Wildman–Crippen LogP) is 1.05. The molecule has 0 radical (unpaired) electrons. The summed E-state index contributed by atoms with van der Waals surface area (Å²) in [5.41, 5.74) is 0. The number of hydrogen-bond acceptors (Lipinski definition) is 1. The summed E-state index contributed by atoms with van der Waals surface area (Å²) in [6, 6.07) is 0. The Hall–Kier alpha value is -0.810. The van der Waals surface area contributed by atoms with Crippen molar-refractivity contribution in [2.24, 2.45) is 0 Å². The van der Waals surface area contributed by atoms with E-state index in [0.29, 0.717) is 0 Å². The van der Waals surface area contributed by atoms with Crippen molar-refractivity contribution in [3.05, 3.63) is 25.0 Å². The molecule has 0 bridgehead atoms. The van der Waals surface area contributed by atoms with Crippen LogP contribution < -0.4 is 0 Å². The standard InChI is InChI=1S/C4H4O/c1-3-4(2)5/h1-2H2/p+1. The lowest BCUT2D eigenvalue weighted by molar-refractivity contribution is 0.431. The van der Waals surface area contributed by atoms with Gasteiger partial charge in [0.25, 0.3) is 0 Å². The maximum Gasteiger partial charge on any atom is 0.338 e. The van der Waals surface area contributed by atoms with E-state index in [4.69, 9.17) is 5.11 Å². The molecule has 26 valence electrons. The van der Waals surface area contributed by atoms with Crippen molar-refractivity contribution in [2.45, 2.75) is 0 Å². The molecule has 0 heterocycles. The van der Waals surface area contributed by atoms with Crippen molar-refractivity contribution in [1.82, 2.24) is 0 Å². The summed E-state index contributed by atoms with van der Waals surface area (Å²) in [5.74, 6) is -0.106. The molecule has 0 saturated carbocycles. The first-order valence-electron chi connectivity index (χ1n) is 1.18. The Labute approximate surface area is 31.2 Å². The molecule has 0 aliphatic carbocycles. The zero-order valence-electron chi connectivity index (χ0n) is 2.86. The van der Waals surface area contributed by atoms with Crippen LogP contribution in [0.3, 0.4) is 0 Å². The molecule has 0 aliphatic rings. The number of aliphatic hydroxyl groups excluding tert-OH is 1. The highest BCUT2D eigenvalue weighted by molar-refractivity contribution is 4.90. The normalized spacial score (nSPS) is 5.60. The molecule has 0 aromatic carbocycles. The van der Waals surface area contributed by atoms with Crippen LogP contribution in [0, 0.1) is 6.08 Å². The summed E-state index contributed by atoms with van der Waals surface area (Å²) >= 11 is 0. The molecule has 0 amide bonds. The van der Waals surface area contributed by atoms with E-state index in [0.717, 1.165) is 0 Å². The van der Waals surface area contributed by atoms with Gasteiger partial charge in [0.1, 0.15) is 6.08 Å². The van der Waals surface area contributed by atoms with Crippen LogP contribution in [-0.4, -0.2) is 5.11 Å². The molecule has 0 saturated heterocycles. The molecule has 0 aromatic heterocycles. The van der Waals surface area contributed by atoms with Gasteiger partial charge in [-0.1, -0.05) is 0 Å². The van der Waals surface area contributed by atoms with Gasteiger partial charge in [0, 0.05) is 0 Å². The third-order valence-corrected chi connectivity index (χ3v) is 0.204. The molecule has 0 rings (SSSR count). The molecule has 0 aliphatic heterocycles. The first kappa shape index (κ1) is 4.19. The van der Waals surface area contributed by atoms with Gasteiger partial charge in [-0.2, -0.15) is 0 Å². The summed E-state index contributed by atoms with van der Waals surface area (Å²) in [5, 5.41) is 7.99. The van der Waals surface area contributed by atoms with Gasteiger partial charge >= 0.3 is 5.76 Å². The Balaban J connectivity index is 3.20. The quantitative estimate of drug-likeness (QED) is 0.277. The second-order valence-corrected chi connectivity index (χ2v) is 0.623. The summed E-state index contributed by atoms with van der Waals surface area (Å²) < 4.78 is 0. The van der Waals surface area contributed by atoms with Crippen LogP contribution in [0.5, 0.6) is 0 Å². The van der Waals surface area contributed by atoms with Crippen LogP contribution in [0.1, 0.15) is 0 Å². The van der Waals surface area contributed by atoms with Gasteiger partial charge in [0.15, 0.2) is 0 Å². The molecule has 0 atom stereocenters. The van der Waals surface area contributed by atoms with Crippen molar-refractivity contribution in [1.29, 1.82) is 0 Å². The summed E-state index contributed by atoms with van der Waals surface area (Å²) in [6.45, 7) is 6.14. The summed E-state index contributed by atoms with van der Waals surface area (Å²) in [4.78, 5) is 0. The number of hydrogen-bond donors (Lipinski definition) is 1. The van der Waals surface area contributed by atoms with Crippen LogP contribution in [-0.2, 0) is 0 Å². The lowest BCUT2D eigenvalue weighted by atomic mass is 10.6. The first-order valence-corrected chi connectivity index (χ1v) is 1.18. The molecule has 0 fully saturated rings. The average molecular weight is 69.1 g/mol. The number of aliphatic hydroxyl groups is 1. The average Bonchev–Trinajstić information content (AvgIpc) is 1.38. The maximum absolute atomic E-state index is 7.99. The van der Waals surface area contributed by atoms with Gasteiger partial charge in [-0.05, 0) is 0 Å². The second kappa shape index (κ2) is 1.50. The Kier molecular flexibility index (Phi) is 1.26. The van der Waals surface area contributed by atoms with Gasteiger partial charge in [0.05, 0.1) is 13.2 Å². The molecule has 0 aromatic rings. The number of allylic oxidation sites excluding steroid dienone is 1. The Morgan fingerprint density at radius 1 is 1.80 bits per heavy atom. The highest BCUT2D eigenvalue weighted by Gasteiger charge is 1.80. The topological polar surface area (TPSA) is 20.2 Å². The van der Waals surface area contributed by atoms with Crippen molar-refractivity contribution >= 4 is 0 Å². The van der Waals surface area contributed by atoms with E-state index < -0.39 is 0 Å². The van der Waals surface area contributed by atoms with E-state index >= 15 is 0 Å². The van der Waals surface area contributed by atoms with E-state index in [1.54, 1.807) is 0 Å². The molecule has 0 unspecified atom stereocenters. The van der Waals surface area contributed by atoms with Crippen LogP contribution in [0.15, 0.2) is 18.9 Å². The summed E-state index contributed by atoms with van der Waals surface area (Å²) in [6.07, 6.45) is 2.14. The van der Waals surface area contributed by atoms with Gasteiger partial charge in [0.2, 0.25) is 0 Å². The number of rotatable bonds is 1. The van der Waals surface area contributed by atoms with Crippen LogP contribution in [0.25, 0.3) is 0 Å². The van der Waals surface area contributed by atoms with Crippen molar-refractivity contribution < 1.29 is 5.11 Å². The van der Waals surface area contributed by atoms with Gasteiger partial charge in [-0.3, -0.25) is 0 Å². The minimum absolute atomic E-state index is 0.106. The fourth-order valence-electron chi connectivity index (χ4n) is 0. The van der Waals surface area contributed by atoms with Crippen LogP contribution in [0.2, 0.25) is 0 Å². The lowest BCUT2D eigenvalue weighted by Gasteiger charge is -1.58. The zero-order valence-corrected chi connectivity index (χ0v) is 2.86. The third-order valence-electron chi connectivity index (χ3n) is 0.204. The van der Waals surface area contributed by atoms with E-state index in [1.165, 1.54) is 0 Å². The molecule has 5 heavy (non-hydrogen) atoms. The molecule has 1 N–H and O–H groups in total. The van der Waals surface area contributed by atoms with Crippen LogP contribution >= 0.6 is 0 Å².